The minimum atomic E-state index is -0.302. The van der Waals surface area contributed by atoms with Crippen LogP contribution < -0.4 is 10.6 Å². The monoisotopic (exact) mass is 366 g/mol. The van der Waals surface area contributed by atoms with E-state index in [2.05, 4.69) is 26.6 Å². The van der Waals surface area contributed by atoms with Crippen molar-refractivity contribution in [3.63, 3.8) is 0 Å². The van der Waals surface area contributed by atoms with Gasteiger partial charge in [-0.3, -0.25) is 4.79 Å². The average Bonchev–Trinajstić information content (AvgIpc) is 2.39. The van der Waals surface area contributed by atoms with Crippen LogP contribution >= 0.6 is 28.3 Å². The van der Waals surface area contributed by atoms with Gasteiger partial charge in [0.1, 0.15) is 5.82 Å². The van der Waals surface area contributed by atoms with Crippen LogP contribution in [0.25, 0.3) is 0 Å². The second-order valence-corrected chi connectivity index (χ2v) is 5.27. The fourth-order valence-corrected chi connectivity index (χ4v) is 2.38. The Kier molecular flexibility index (Phi) is 7.43. The Morgan fingerprint density at radius 3 is 3.00 bits per heavy atom. The number of carbonyl (C=O) groups excluding carboxylic acids is 1. The molecule has 0 spiro atoms. The second kappa shape index (κ2) is 8.56. The number of carbonyl (C=O) groups is 1. The van der Waals surface area contributed by atoms with Crippen LogP contribution in [0.2, 0.25) is 0 Å². The normalized spacial score (nSPS) is 18.2. The van der Waals surface area contributed by atoms with E-state index in [-0.39, 0.29) is 30.2 Å². The summed E-state index contributed by atoms with van der Waals surface area (Å²) in [6.45, 7) is 2.55. The first-order valence-electron chi connectivity index (χ1n) is 6.18. The first kappa shape index (κ1) is 17.4. The first-order valence-corrected chi connectivity index (χ1v) is 6.97. The summed E-state index contributed by atoms with van der Waals surface area (Å²) in [5.74, 6) is -0.367. The molecule has 1 aromatic carbocycles. The van der Waals surface area contributed by atoms with Crippen molar-refractivity contribution in [1.29, 1.82) is 0 Å². The highest BCUT2D eigenvalue weighted by atomic mass is 79.9. The zero-order valence-corrected chi connectivity index (χ0v) is 13.2. The summed E-state index contributed by atoms with van der Waals surface area (Å²) in [5.41, 5.74) is 0.845. The molecule has 1 unspecified atom stereocenters. The summed E-state index contributed by atoms with van der Waals surface area (Å²) in [5, 5.41) is 5.98. The van der Waals surface area contributed by atoms with Gasteiger partial charge in [-0.25, -0.2) is 4.39 Å². The zero-order valence-electron chi connectivity index (χ0n) is 10.8. The molecule has 7 heteroatoms. The molecule has 1 aliphatic heterocycles. The topological polar surface area (TPSA) is 50.4 Å². The van der Waals surface area contributed by atoms with Crippen molar-refractivity contribution in [2.75, 3.05) is 19.7 Å². The maximum atomic E-state index is 12.9. The molecule has 4 nitrogen and oxygen atoms in total. The molecule has 1 amide bonds. The SMILES string of the molecule is Cl.O=C(CC1CNCCO1)NCc1ccc(F)cc1Br. The molecule has 2 N–H and O–H groups in total. The molecular weight excluding hydrogens is 351 g/mol. The minimum Gasteiger partial charge on any atom is -0.375 e. The van der Waals surface area contributed by atoms with Gasteiger partial charge < -0.3 is 15.4 Å². The molecule has 20 heavy (non-hydrogen) atoms. The number of hydrogen-bond donors (Lipinski definition) is 2. The van der Waals surface area contributed by atoms with Crippen molar-refractivity contribution < 1.29 is 13.9 Å². The van der Waals surface area contributed by atoms with E-state index in [1.165, 1.54) is 12.1 Å². The number of benzene rings is 1. The number of hydrogen-bond acceptors (Lipinski definition) is 3. The predicted molar refractivity (Wildman–Crippen MR) is 80.4 cm³/mol. The minimum absolute atomic E-state index is 0. The van der Waals surface area contributed by atoms with Crippen LogP contribution in [-0.2, 0) is 16.1 Å². The lowest BCUT2D eigenvalue weighted by molar-refractivity contribution is -0.124. The van der Waals surface area contributed by atoms with E-state index >= 15 is 0 Å². The van der Waals surface area contributed by atoms with Crippen LogP contribution in [-0.4, -0.2) is 31.7 Å². The molecule has 1 atom stereocenters. The number of rotatable bonds is 4. The lowest BCUT2D eigenvalue weighted by atomic mass is 10.2. The summed E-state index contributed by atoms with van der Waals surface area (Å²) >= 11 is 3.27. The van der Waals surface area contributed by atoms with Gasteiger partial charge in [-0.2, -0.15) is 0 Å². The predicted octanol–water partition coefficient (Wildman–Crippen LogP) is 2.00. The molecule has 1 heterocycles. The van der Waals surface area contributed by atoms with Crippen molar-refractivity contribution >= 4 is 34.2 Å². The molecule has 0 bridgehead atoms. The summed E-state index contributed by atoms with van der Waals surface area (Å²) in [4.78, 5) is 11.8. The van der Waals surface area contributed by atoms with Gasteiger partial charge in [0.2, 0.25) is 5.91 Å². The zero-order chi connectivity index (χ0) is 13.7. The van der Waals surface area contributed by atoms with Crippen LogP contribution in [0.5, 0.6) is 0 Å². The van der Waals surface area contributed by atoms with Crippen molar-refractivity contribution in [3.05, 3.63) is 34.1 Å². The Bertz CT molecular complexity index is 456. The molecule has 0 radical (unpaired) electrons. The van der Waals surface area contributed by atoms with Gasteiger partial charge in [-0.15, -0.1) is 12.4 Å². The van der Waals surface area contributed by atoms with Crippen molar-refractivity contribution in [1.82, 2.24) is 10.6 Å². The van der Waals surface area contributed by atoms with Crippen molar-refractivity contribution in [2.24, 2.45) is 0 Å². The Morgan fingerprint density at radius 1 is 1.55 bits per heavy atom. The number of morpholine rings is 1. The van der Waals surface area contributed by atoms with Crippen LogP contribution in [0.1, 0.15) is 12.0 Å². The summed E-state index contributed by atoms with van der Waals surface area (Å²) in [6, 6.07) is 4.41. The molecule has 0 saturated carbocycles. The average molecular weight is 368 g/mol. The first-order chi connectivity index (χ1) is 9.15. The van der Waals surface area contributed by atoms with Crippen LogP contribution in [0.4, 0.5) is 4.39 Å². The Labute approximate surface area is 132 Å². The lowest BCUT2D eigenvalue weighted by Gasteiger charge is -2.23. The molecule has 112 valence electrons. The largest absolute Gasteiger partial charge is 0.375 e. The third-order valence-corrected chi connectivity index (χ3v) is 3.65. The van der Waals surface area contributed by atoms with E-state index in [0.717, 1.165) is 12.1 Å². The smallest absolute Gasteiger partial charge is 0.222 e. The van der Waals surface area contributed by atoms with E-state index < -0.39 is 0 Å². The number of nitrogens with one attached hydrogen (secondary N) is 2. The second-order valence-electron chi connectivity index (χ2n) is 4.41. The Balaban J connectivity index is 0.00000200. The highest BCUT2D eigenvalue weighted by Crippen LogP contribution is 2.17. The van der Waals surface area contributed by atoms with E-state index in [0.29, 0.717) is 30.6 Å². The summed E-state index contributed by atoms with van der Waals surface area (Å²) in [7, 11) is 0. The summed E-state index contributed by atoms with van der Waals surface area (Å²) in [6.07, 6.45) is 0.275. The molecule has 2 rings (SSSR count). The van der Waals surface area contributed by atoms with Crippen LogP contribution in [0.3, 0.4) is 0 Å². The number of amides is 1. The highest BCUT2D eigenvalue weighted by Gasteiger charge is 2.17. The third kappa shape index (κ3) is 5.36. The Morgan fingerprint density at radius 2 is 2.35 bits per heavy atom. The Hall–Kier alpha value is -0.690. The quantitative estimate of drug-likeness (QED) is 0.856. The van der Waals surface area contributed by atoms with E-state index in [1.54, 1.807) is 6.07 Å². The molecule has 1 aliphatic rings. The van der Waals surface area contributed by atoms with Gasteiger partial charge in [0.05, 0.1) is 19.1 Å². The van der Waals surface area contributed by atoms with Gasteiger partial charge in [-0.1, -0.05) is 22.0 Å². The summed E-state index contributed by atoms with van der Waals surface area (Å²) < 4.78 is 19.0. The van der Waals surface area contributed by atoms with Gasteiger partial charge >= 0.3 is 0 Å². The van der Waals surface area contributed by atoms with Gasteiger partial charge in [0.25, 0.3) is 0 Å². The standard InChI is InChI=1S/C13H16BrFN2O2.ClH/c14-12-5-10(15)2-1-9(12)7-17-13(18)6-11-8-16-3-4-19-11;/h1-2,5,11,16H,3-4,6-8H2,(H,17,18);1H. The van der Waals surface area contributed by atoms with Crippen molar-refractivity contribution in [2.45, 2.75) is 19.1 Å². The maximum Gasteiger partial charge on any atom is 0.222 e. The maximum absolute atomic E-state index is 12.9. The number of halogens is 3. The van der Waals surface area contributed by atoms with Gasteiger partial charge in [-0.05, 0) is 17.7 Å². The van der Waals surface area contributed by atoms with E-state index in [1.807, 2.05) is 0 Å². The van der Waals surface area contributed by atoms with E-state index in [4.69, 9.17) is 4.74 Å². The number of ether oxygens (including phenoxy) is 1. The van der Waals surface area contributed by atoms with Gasteiger partial charge in [0, 0.05) is 24.1 Å². The van der Waals surface area contributed by atoms with Crippen LogP contribution in [0, 0.1) is 5.82 Å². The molecule has 0 aromatic heterocycles. The van der Waals surface area contributed by atoms with Gasteiger partial charge in [0.15, 0.2) is 0 Å². The highest BCUT2D eigenvalue weighted by molar-refractivity contribution is 9.10. The fourth-order valence-electron chi connectivity index (χ4n) is 1.89. The van der Waals surface area contributed by atoms with Crippen molar-refractivity contribution in [3.8, 4) is 0 Å². The third-order valence-electron chi connectivity index (χ3n) is 2.91. The molecule has 0 aliphatic carbocycles. The molecule has 1 aromatic rings. The van der Waals surface area contributed by atoms with E-state index in [9.17, 15) is 9.18 Å². The van der Waals surface area contributed by atoms with Crippen LogP contribution in [0.15, 0.2) is 22.7 Å². The molecular formula is C13H17BrClFN2O2. The fraction of sp³-hybridized carbons (Fsp3) is 0.462. The lowest BCUT2D eigenvalue weighted by Crippen LogP contribution is -2.41. The molecule has 1 saturated heterocycles. The molecule has 1 fully saturated rings.